The average Bonchev–Trinajstić information content (AvgIpc) is 3.37. The third-order valence-corrected chi connectivity index (χ3v) is 6.12. The van der Waals surface area contributed by atoms with Crippen molar-refractivity contribution in [3.63, 3.8) is 0 Å². The number of fused-ring (bicyclic) bond motifs is 1. The van der Waals surface area contributed by atoms with Crippen LogP contribution >= 0.6 is 0 Å². The molecule has 3 atom stereocenters. The van der Waals surface area contributed by atoms with E-state index in [1.807, 2.05) is 52.2 Å². The predicted molar refractivity (Wildman–Crippen MR) is 106 cm³/mol. The SMILES string of the molecule is O=C(OCc1ccccc1)N1C[C@H]2C[C@H](c3ccc(-n4cccn4)cc3)[C@H]2C1. The molecule has 1 aliphatic heterocycles. The molecule has 0 radical (unpaired) electrons. The van der Waals surface area contributed by atoms with Gasteiger partial charge in [0.05, 0.1) is 5.69 Å². The average molecular weight is 373 g/mol. The van der Waals surface area contributed by atoms with E-state index in [2.05, 4.69) is 29.4 Å². The summed E-state index contributed by atoms with van der Waals surface area (Å²) in [6.07, 6.45) is 4.69. The van der Waals surface area contributed by atoms with Gasteiger partial charge in [-0.1, -0.05) is 42.5 Å². The van der Waals surface area contributed by atoms with E-state index in [9.17, 15) is 4.79 Å². The number of carbonyl (C=O) groups is 1. The van der Waals surface area contributed by atoms with Crippen LogP contribution < -0.4 is 0 Å². The first-order chi connectivity index (χ1) is 13.8. The first kappa shape index (κ1) is 17.0. The molecule has 1 aromatic heterocycles. The Labute approximate surface area is 164 Å². The van der Waals surface area contributed by atoms with E-state index >= 15 is 0 Å². The molecule has 0 N–H and O–H groups in total. The number of hydrogen-bond donors (Lipinski definition) is 0. The zero-order valence-electron chi connectivity index (χ0n) is 15.6. The Kier molecular flexibility index (Phi) is 4.35. The highest BCUT2D eigenvalue weighted by Gasteiger charge is 2.48. The Morgan fingerprint density at radius 2 is 1.86 bits per heavy atom. The van der Waals surface area contributed by atoms with E-state index in [4.69, 9.17) is 4.74 Å². The summed E-state index contributed by atoms with van der Waals surface area (Å²) in [4.78, 5) is 14.3. The largest absolute Gasteiger partial charge is 0.445 e. The van der Waals surface area contributed by atoms with Crippen molar-refractivity contribution < 1.29 is 9.53 Å². The summed E-state index contributed by atoms with van der Waals surface area (Å²) < 4.78 is 7.38. The number of ether oxygens (including phenoxy) is 1. The molecule has 2 fully saturated rings. The Hall–Kier alpha value is -3.08. The topological polar surface area (TPSA) is 47.4 Å². The van der Waals surface area contributed by atoms with Crippen molar-refractivity contribution in [3.8, 4) is 5.69 Å². The lowest BCUT2D eigenvalue weighted by atomic mass is 9.64. The fourth-order valence-electron chi connectivity index (χ4n) is 4.55. The van der Waals surface area contributed by atoms with Crippen LogP contribution in [-0.4, -0.2) is 33.9 Å². The molecular formula is C23H23N3O2. The molecule has 1 saturated carbocycles. The van der Waals surface area contributed by atoms with Gasteiger partial charge in [0, 0.05) is 25.5 Å². The van der Waals surface area contributed by atoms with Crippen LogP contribution in [0.1, 0.15) is 23.5 Å². The molecule has 5 nitrogen and oxygen atoms in total. The number of benzene rings is 2. The number of carbonyl (C=O) groups excluding carboxylic acids is 1. The molecule has 1 amide bonds. The van der Waals surface area contributed by atoms with Crippen molar-refractivity contribution in [1.82, 2.24) is 14.7 Å². The summed E-state index contributed by atoms with van der Waals surface area (Å²) in [5.41, 5.74) is 3.45. The van der Waals surface area contributed by atoms with E-state index in [1.165, 1.54) is 5.56 Å². The summed E-state index contributed by atoms with van der Waals surface area (Å²) in [7, 11) is 0. The lowest BCUT2D eigenvalue weighted by molar-refractivity contribution is 0.103. The molecule has 3 aromatic rings. The van der Waals surface area contributed by atoms with Gasteiger partial charge in [-0.15, -0.1) is 0 Å². The first-order valence-corrected chi connectivity index (χ1v) is 9.83. The molecule has 0 bridgehead atoms. The lowest BCUT2D eigenvalue weighted by Crippen LogP contribution is -2.33. The van der Waals surface area contributed by atoms with Gasteiger partial charge in [-0.2, -0.15) is 5.10 Å². The van der Waals surface area contributed by atoms with Crippen LogP contribution in [0.4, 0.5) is 4.79 Å². The number of hydrogen-bond acceptors (Lipinski definition) is 3. The van der Waals surface area contributed by atoms with Crippen molar-refractivity contribution in [2.24, 2.45) is 11.8 Å². The molecule has 28 heavy (non-hydrogen) atoms. The van der Waals surface area contributed by atoms with Crippen LogP contribution in [0, 0.1) is 11.8 Å². The van der Waals surface area contributed by atoms with E-state index < -0.39 is 0 Å². The highest BCUT2D eigenvalue weighted by molar-refractivity contribution is 5.68. The third kappa shape index (κ3) is 3.17. The van der Waals surface area contributed by atoms with Crippen LogP contribution in [0.2, 0.25) is 0 Å². The third-order valence-electron chi connectivity index (χ3n) is 6.12. The van der Waals surface area contributed by atoms with Gasteiger partial charge < -0.3 is 9.64 Å². The summed E-state index contributed by atoms with van der Waals surface area (Å²) in [6.45, 7) is 1.95. The highest BCUT2D eigenvalue weighted by Crippen LogP contribution is 2.51. The van der Waals surface area contributed by atoms with Gasteiger partial charge in [0.2, 0.25) is 0 Å². The van der Waals surface area contributed by atoms with Gasteiger partial charge in [-0.3, -0.25) is 0 Å². The van der Waals surface area contributed by atoms with E-state index in [0.29, 0.717) is 24.4 Å². The minimum Gasteiger partial charge on any atom is -0.445 e. The summed E-state index contributed by atoms with van der Waals surface area (Å²) in [5, 5.41) is 4.28. The minimum absolute atomic E-state index is 0.189. The molecule has 0 unspecified atom stereocenters. The smallest absolute Gasteiger partial charge is 0.410 e. The minimum atomic E-state index is -0.189. The van der Waals surface area contributed by atoms with Crippen LogP contribution in [0.15, 0.2) is 73.1 Å². The van der Waals surface area contributed by atoms with E-state index in [-0.39, 0.29) is 6.09 Å². The van der Waals surface area contributed by atoms with Gasteiger partial charge in [-0.05, 0) is 53.5 Å². The van der Waals surface area contributed by atoms with Gasteiger partial charge in [0.1, 0.15) is 6.61 Å². The summed E-state index contributed by atoms with van der Waals surface area (Å²) in [5.74, 6) is 1.67. The van der Waals surface area contributed by atoms with Gasteiger partial charge in [0.15, 0.2) is 0 Å². The molecule has 0 spiro atoms. The van der Waals surface area contributed by atoms with Crippen molar-refractivity contribution in [1.29, 1.82) is 0 Å². The molecule has 2 aromatic carbocycles. The number of likely N-dealkylation sites (tertiary alicyclic amines) is 1. The number of amides is 1. The molecule has 1 aliphatic carbocycles. The Balaban J connectivity index is 1.19. The van der Waals surface area contributed by atoms with Crippen LogP contribution in [0.25, 0.3) is 5.69 Å². The maximum atomic E-state index is 12.5. The zero-order chi connectivity index (χ0) is 18.9. The second kappa shape index (κ2) is 7.15. The van der Waals surface area contributed by atoms with Gasteiger partial charge >= 0.3 is 6.09 Å². The first-order valence-electron chi connectivity index (χ1n) is 9.83. The van der Waals surface area contributed by atoms with Crippen LogP contribution in [0.5, 0.6) is 0 Å². The lowest BCUT2D eigenvalue weighted by Gasteiger charge is -2.39. The number of aromatic nitrogens is 2. The van der Waals surface area contributed by atoms with Crippen molar-refractivity contribution in [2.75, 3.05) is 13.1 Å². The second-order valence-corrected chi connectivity index (χ2v) is 7.75. The molecular weight excluding hydrogens is 350 g/mol. The van der Waals surface area contributed by atoms with E-state index in [1.54, 1.807) is 6.20 Å². The zero-order valence-corrected chi connectivity index (χ0v) is 15.6. The molecule has 2 heterocycles. The Morgan fingerprint density at radius 1 is 1.04 bits per heavy atom. The molecule has 142 valence electrons. The molecule has 2 aliphatic rings. The summed E-state index contributed by atoms with van der Waals surface area (Å²) >= 11 is 0. The Morgan fingerprint density at radius 3 is 2.61 bits per heavy atom. The number of rotatable bonds is 4. The van der Waals surface area contributed by atoms with Crippen LogP contribution in [0.3, 0.4) is 0 Å². The standard InChI is InChI=1S/C23H23N3O2/c27-23(28-16-17-5-2-1-3-6-17)25-14-19-13-21(22(19)15-25)18-7-9-20(10-8-18)26-12-4-11-24-26/h1-12,19,21-22H,13-16H2/t19-,21-,22+/m1/s1. The molecule has 1 saturated heterocycles. The fraction of sp³-hybridized carbons (Fsp3) is 0.304. The van der Waals surface area contributed by atoms with E-state index in [0.717, 1.165) is 30.8 Å². The second-order valence-electron chi connectivity index (χ2n) is 7.75. The Bertz CT molecular complexity index is 938. The van der Waals surface area contributed by atoms with Gasteiger partial charge in [-0.25, -0.2) is 9.48 Å². The maximum Gasteiger partial charge on any atom is 0.410 e. The van der Waals surface area contributed by atoms with Gasteiger partial charge in [0.25, 0.3) is 0 Å². The van der Waals surface area contributed by atoms with Crippen LogP contribution in [-0.2, 0) is 11.3 Å². The highest BCUT2D eigenvalue weighted by atomic mass is 16.6. The monoisotopic (exact) mass is 373 g/mol. The summed E-state index contributed by atoms with van der Waals surface area (Å²) in [6, 6.07) is 20.4. The van der Waals surface area contributed by atoms with Crippen molar-refractivity contribution in [3.05, 3.63) is 84.2 Å². The normalized spacial score (nSPS) is 23.1. The number of nitrogens with zero attached hydrogens (tertiary/aromatic N) is 3. The fourth-order valence-corrected chi connectivity index (χ4v) is 4.55. The molecule has 5 heteroatoms. The molecule has 5 rings (SSSR count). The quantitative estimate of drug-likeness (QED) is 0.687. The van der Waals surface area contributed by atoms with Crippen molar-refractivity contribution >= 4 is 6.09 Å². The van der Waals surface area contributed by atoms with Crippen molar-refractivity contribution in [2.45, 2.75) is 18.9 Å². The maximum absolute atomic E-state index is 12.5. The predicted octanol–water partition coefficient (Wildman–Crippen LogP) is 4.24.